The predicted octanol–water partition coefficient (Wildman–Crippen LogP) is 2.92. The summed E-state index contributed by atoms with van der Waals surface area (Å²) in [7, 11) is 0. The molecule has 1 saturated heterocycles. The first kappa shape index (κ1) is 18.4. The largest absolute Gasteiger partial charge is 0.490 e. The van der Waals surface area contributed by atoms with E-state index in [1.165, 1.54) is 6.26 Å². The number of nitrogens with one attached hydrogen (secondary N) is 1. The zero-order valence-electron chi connectivity index (χ0n) is 15.7. The maximum Gasteiger partial charge on any atom is 0.286 e. The Balaban J connectivity index is 1.37. The van der Waals surface area contributed by atoms with Gasteiger partial charge in [0.15, 0.2) is 17.3 Å². The highest BCUT2D eigenvalue weighted by Crippen LogP contribution is 2.38. The Morgan fingerprint density at radius 1 is 1.11 bits per heavy atom. The lowest BCUT2D eigenvalue weighted by Gasteiger charge is -2.26. The molecular weight excluding hydrogens is 360 g/mol. The van der Waals surface area contributed by atoms with Gasteiger partial charge < -0.3 is 24.1 Å². The van der Waals surface area contributed by atoms with Crippen molar-refractivity contribution in [2.24, 2.45) is 0 Å². The number of hydrogen-bond acceptors (Lipinski definition) is 5. The van der Waals surface area contributed by atoms with Crippen molar-refractivity contribution in [1.82, 2.24) is 10.2 Å². The van der Waals surface area contributed by atoms with Crippen LogP contribution in [0.1, 0.15) is 47.8 Å². The highest BCUT2D eigenvalue weighted by atomic mass is 16.5. The second kappa shape index (κ2) is 8.37. The van der Waals surface area contributed by atoms with E-state index in [9.17, 15) is 9.59 Å². The highest BCUT2D eigenvalue weighted by Gasteiger charge is 2.30. The Morgan fingerprint density at radius 2 is 1.96 bits per heavy atom. The average Bonchev–Trinajstić information content (AvgIpc) is 3.36. The summed E-state index contributed by atoms with van der Waals surface area (Å²) >= 11 is 0. The molecule has 0 bridgehead atoms. The van der Waals surface area contributed by atoms with Crippen molar-refractivity contribution >= 4 is 11.8 Å². The molecular formula is C21H24N2O5. The normalized spacial score (nSPS) is 18.6. The first-order chi connectivity index (χ1) is 13.7. The number of carbonyl (C=O) groups excluding carboxylic acids is 2. The van der Waals surface area contributed by atoms with Gasteiger partial charge >= 0.3 is 0 Å². The lowest BCUT2D eigenvalue weighted by Crippen LogP contribution is -2.34. The zero-order chi connectivity index (χ0) is 19.3. The SMILES string of the molecule is O=C(NCCC(=O)N1CCCC1c1ccc2c(c1)OCCCO2)c1ccco1. The summed E-state index contributed by atoms with van der Waals surface area (Å²) in [5, 5.41) is 2.73. The van der Waals surface area contributed by atoms with E-state index in [0.29, 0.717) is 13.2 Å². The van der Waals surface area contributed by atoms with Gasteiger partial charge in [0.25, 0.3) is 5.91 Å². The molecule has 7 heteroatoms. The van der Waals surface area contributed by atoms with Crippen LogP contribution in [-0.2, 0) is 4.79 Å². The van der Waals surface area contributed by atoms with Gasteiger partial charge in [0.1, 0.15) is 0 Å². The molecule has 148 valence electrons. The first-order valence-corrected chi connectivity index (χ1v) is 9.73. The summed E-state index contributed by atoms with van der Waals surface area (Å²) in [6, 6.07) is 9.23. The van der Waals surface area contributed by atoms with E-state index >= 15 is 0 Å². The van der Waals surface area contributed by atoms with E-state index < -0.39 is 0 Å². The van der Waals surface area contributed by atoms with Crippen LogP contribution in [-0.4, -0.2) is 43.0 Å². The van der Waals surface area contributed by atoms with E-state index in [-0.39, 0.29) is 36.6 Å². The number of benzene rings is 1. The molecule has 1 N–H and O–H groups in total. The molecule has 2 aliphatic heterocycles. The number of amides is 2. The number of rotatable bonds is 5. The summed E-state index contributed by atoms with van der Waals surface area (Å²) in [6.45, 7) is 2.30. The van der Waals surface area contributed by atoms with Crippen LogP contribution in [0.15, 0.2) is 41.0 Å². The Hall–Kier alpha value is -2.96. The van der Waals surface area contributed by atoms with Crippen molar-refractivity contribution in [2.75, 3.05) is 26.3 Å². The minimum Gasteiger partial charge on any atom is -0.490 e. The molecule has 1 fully saturated rings. The van der Waals surface area contributed by atoms with Gasteiger partial charge in [0.05, 0.1) is 25.5 Å². The molecule has 1 atom stereocenters. The molecule has 0 radical (unpaired) electrons. The molecule has 2 aromatic rings. The van der Waals surface area contributed by atoms with E-state index in [0.717, 1.165) is 42.9 Å². The lowest BCUT2D eigenvalue weighted by atomic mass is 10.0. The van der Waals surface area contributed by atoms with Crippen LogP contribution in [0.4, 0.5) is 0 Å². The number of fused-ring (bicyclic) bond motifs is 1. The van der Waals surface area contributed by atoms with Gasteiger partial charge in [-0.1, -0.05) is 6.07 Å². The number of hydrogen-bond donors (Lipinski definition) is 1. The maximum absolute atomic E-state index is 12.7. The van der Waals surface area contributed by atoms with Crippen LogP contribution < -0.4 is 14.8 Å². The molecule has 7 nitrogen and oxygen atoms in total. The number of carbonyl (C=O) groups is 2. The summed E-state index contributed by atoms with van der Waals surface area (Å²) in [5.74, 6) is 1.49. The van der Waals surface area contributed by atoms with E-state index in [1.54, 1.807) is 12.1 Å². The van der Waals surface area contributed by atoms with Crippen LogP contribution in [0.2, 0.25) is 0 Å². The second-order valence-electron chi connectivity index (χ2n) is 6.99. The van der Waals surface area contributed by atoms with E-state index in [2.05, 4.69) is 5.32 Å². The molecule has 2 amide bonds. The fraction of sp³-hybridized carbons (Fsp3) is 0.429. The summed E-state index contributed by atoms with van der Waals surface area (Å²) in [4.78, 5) is 26.5. The van der Waals surface area contributed by atoms with Gasteiger partial charge in [-0.3, -0.25) is 9.59 Å². The maximum atomic E-state index is 12.7. The van der Waals surface area contributed by atoms with Gasteiger partial charge in [-0.15, -0.1) is 0 Å². The average molecular weight is 384 g/mol. The topological polar surface area (TPSA) is 81.0 Å². The Morgan fingerprint density at radius 3 is 2.79 bits per heavy atom. The van der Waals surface area contributed by atoms with Crippen molar-refractivity contribution in [2.45, 2.75) is 31.7 Å². The Bertz CT molecular complexity index is 833. The molecule has 0 saturated carbocycles. The number of furan rings is 1. The molecule has 2 aliphatic rings. The van der Waals surface area contributed by atoms with Crippen LogP contribution >= 0.6 is 0 Å². The smallest absolute Gasteiger partial charge is 0.286 e. The molecule has 3 heterocycles. The van der Waals surface area contributed by atoms with E-state index in [4.69, 9.17) is 13.9 Å². The molecule has 28 heavy (non-hydrogen) atoms. The fourth-order valence-electron chi connectivity index (χ4n) is 3.72. The second-order valence-corrected chi connectivity index (χ2v) is 6.99. The fourth-order valence-corrected chi connectivity index (χ4v) is 3.72. The third kappa shape index (κ3) is 3.98. The van der Waals surface area contributed by atoms with Crippen molar-refractivity contribution in [3.05, 3.63) is 47.9 Å². The predicted molar refractivity (Wildman–Crippen MR) is 101 cm³/mol. The van der Waals surface area contributed by atoms with Gasteiger partial charge in [-0.05, 0) is 42.7 Å². The summed E-state index contributed by atoms with van der Waals surface area (Å²) in [5.41, 5.74) is 1.06. The van der Waals surface area contributed by atoms with Gasteiger partial charge in [0.2, 0.25) is 5.91 Å². The van der Waals surface area contributed by atoms with Crippen molar-refractivity contribution in [3.8, 4) is 11.5 Å². The minimum absolute atomic E-state index is 0.0328. The molecule has 1 unspecified atom stereocenters. The third-order valence-electron chi connectivity index (χ3n) is 5.10. The van der Waals surface area contributed by atoms with Crippen LogP contribution in [0.3, 0.4) is 0 Å². The zero-order valence-corrected chi connectivity index (χ0v) is 15.7. The van der Waals surface area contributed by atoms with Crippen LogP contribution in [0.25, 0.3) is 0 Å². The van der Waals surface area contributed by atoms with Gasteiger partial charge in [-0.25, -0.2) is 0 Å². The molecule has 1 aromatic carbocycles. The third-order valence-corrected chi connectivity index (χ3v) is 5.10. The Kier molecular flexibility index (Phi) is 5.50. The molecule has 0 spiro atoms. The minimum atomic E-state index is -0.307. The van der Waals surface area contributed by atoms with Gasteiger partial charge in [0, 0.05) is 25.9 Å². The Labute approximate surface area is 163 Å². The van der Waals surface area contributed by atoms with Crippen LogP contribution in [0.5, 0.6) is 11.5 Å². The number of ether oxygens (including phenoxy) is 2. The van der Waals surface area contributed by atoms with Crippen molar-refractivity contribution in [1.29, 1.82) is 0 Å². The molecule has 4 rings (SSSR count). The molecule has 1 aromatic heterocycles. The quantitative estimate of drug-likeness (QED) is 0.857. The van der Waals surface area contributed by atoms with Crippen molar-refractivity contribution in [3.63, 3.8) is 0 Å². The number of likely N-dealkylation sites (tertiary alicyclic amines) is 1. The monoisotopic (exact) mass is 384 g/mol. The van der Waals surface area contributed by atoms with Gasteiger partial charge in [-0.2, -0.15) is 0 Å². The number of nitrogens with zero attached hydrogens (tertiary/aromatic N) is 1. The van der Waals surface area contributed by atoms with Crippen molar-refractivity contribution < 1.29 is 23.5 Å². The highest BCUT2D eigenvalue weighted by molar-refractivity contribution is 5.91. The van der Waals surface area contributed by atoms with Crippen LogP contribution in [0, 0.1) is 0 Å². The molecule has 0 aliphatic carbocycles. The summed E-state index contributed by atoms with van der Waals surface area (Å²) in [6.07, 6.45) is 4.45. The standard InChI is InChI=1S/C21H24N2O5/c24-20(8-9-22-21(25)18-5-2-11-27-18)23-10-1-4-16(23)15-6-7-17-19(14-15)28-13-3-12-26-17/h2,5-7,11,14,16H,1,3-4,8-10,12-13H2,(H,22,25). The van der Waals surface area contributed by atoms with E-state index in [1.807, 2.05) is 23.1 Å². The lowest BCUT2D eigenvalue weighted by molar-refractivity contribution is -0.132. The summed E-state index contributed by atoms with van der Waals surface area (Å²) < 4.78 is 16.5. The first-order valence-electron chi connectivity index (χ1n) is 9.73.